The van der Waals surface area contributed by atoms with E-state index in [1.54, 1.807) is 0 Å². The molecule has 0 saturated carbocycles. The second-order valence-corrected chi connectivity index (χ2v) is 13.3. The van der Waals surface area contributed by atoms with Crippen LogP contribution < -0.4 is 4.74 Å². The van der Waals surface area contributed by atoms with E-state index >= 15 is 0 Å². The Bertz CT molecular complexity index is 1240. The second-order valence-electron chi connectivity index (χ2n) is 6.65. The molecule has 160 valence electrons. The first kappa shape index (κ1) is 24.7. The van der Waals surface area contributed by atoms with Gasteiger partial charge in [-0.2, -0.15) is 0 Å². The predicted molar refractivity (Wildman–Crippen MR) is 164 cm³/mol. The summed E-state index contributed by atoms with van der Waals surface area (Å²) in [5.41, 5.74) is 0.616. The summed E-state index contributed by atoms with van der Waals surface area (Å²) in [6, 6.07) is 31.0. The average molecular weight is 887 g/mol. The van der Waals surface area contributed by atoms with Crippen LogP contribution in [0.3, 0.4) is 0 Å². The summed E-state index contributed by atoms with van der Waals surface area (Å²) in [4.78, 5) is 16.5. The molecule has 0 saturated heterocycles. The third-order valence-corrected chi connectivity index (χ3v) is 11.4. The maximum absolute atomic E-state index is 12.9. The molecule has 0 spiro atoms. The minimum Gasteiger partial charge on any atom is -0.423 e. The second kappa shape index (κ2) is 11.4. The van der Waals surface area contributed by atoms with Crippen LogP contribution in [0.2, 0.25) is 0 Å². The van der Waals surface area contributed by atoms with E-state index in [0.717, 1.165) is 10.7 Å². The number of hydrogen-bond acceptors (Lipinski definition) is 2. The van der Waals surface area contributed by atoms with E-state index in [2.05, 4.69) is 151 Å². The first-order valence-electron chi connectivity index (χ1n) is 9.44. The predicted octanol–water partition coefficient (Wildman–Crippen LogP) is 8.42. The Kier molecular flexibility index (Phi) is 8.78. The molecule has 0 fully saturated rings. The first-order valence-corrected chi connectivity index (χ1v) is 15.0. The van der Waals surface area contributed by atoms with E-state index in [1.165, 1.54) is 18.3 Å². The van der Waals surface area contributed by atoms with Crippen molar-refractivity contribution in [2.75, 3.05) is 0 Å². The molecular formula is C25H15I4O2S+. The maximum Gasteiger partial charge on any atom is 0.345 e. The molecule has 0 aliphatic carbocycles. The molecule has 7 heteroatoms. The zero-order valence-corrected chi connectivity index (χ0v) is 25.8. The molecule has 4 aromatic carbocycles. The molecule has 4 aromatic rings. The lowest BCUT2D eigenvalue weighted by molar-refractivity contribution is 0.0732. The van der Waals surface area contributed by atoms with Gasteiger partial charge in [-0.15, -0.1) is 0 Å². The third-order valence-electron chi connectivity index (χ3n) is 4.55. The molecule has 2 nitrogen and oxygen atoms in total. The van der Waals surface area contributed by atoms with Crippen LogP contribution >= 0.6 is 90.4 Å². The number of carbonyl (C=O) groups excluding carboxylic acids is 1. The zero-order valence-electron chi connectivity index (χ0n) is 16.4. The number of ether oxygens (including phenoxy) is 1. The van der Waals surface area contributed by atoms with Gasteiger partial charge in [0.2, 0.25) is 0 Å². The average Bonchev–Trinajstić information content (AvgIpc) is 2.80. The molecule has 1 unspecified atom stereocenters. The van der Waals surface area contributed by atoms with E-state index in [-0.39, 0.29) is 16.9 Å². The van der Waals surface area contributed by atoms with E-state index in [0.29, 0.717) is 11.3 Å². The van der Waals surface area contributed by atoms with Gasteiger partial charge in [-0.05, 0) is 163 Å². The minimum atomic E-state index is -0.329. The first-order chi connectivity index (χ1) is 15.4. The molecule has 1 atom stereocenters. The zero-order chi connectivity index (χ0) is 22.7. The van der Waals surface area contributed by atoms with Gasteiger partial charge in [0.25, 0.3) is 0 Å². The van der Waals surface area contributed by atoms with Crippen molar-refractivity contribution in [3.8, 4) is 5.75 Å². The van der Waals surface area contributed by atoms with Gasteiger partial charge < -0.3 is 4.74 Å². The van der Waals surface area contributed by atoms with E-state index in [4.69, 9.17) is 4.74 Å². The Morgan fingerprint density at radius 3 is 1.78 bits per heavy atom. The summed E-state index contributed by atoms with van der Waals surface area (Å²) in [6.07, 6.45) is 0. The highest BCUT2D eigenvalue weighted by Crippen LogP contribution is 2.33. The van der Waals surface area contributed by atoms with Crippen molar-refractivity contribution >= 4 is 107 Å². The Morgan fingerprint density at radius 2 is 1.16 bits per heavy atom. The molecule has 4 rings (SSSR count). The van der Waals surface area contributed by atoms with Crippen LogP contribution in [0.25, 0.3) is 0 Å². The van der Waals surface area contributed by atoms with Gasteiger partial charge in [0.15, 0.2) is 14.7 Å². The topological polar surface area (TPSA) is 26.3 Å². The normalized spacial score (nSPS) is 11.8. The van der Waals surface area contributed by atoms with Gasteiger partial charge in [-0.3, -0.25) is 0 Å². The van der Waals surface area contributed by atoms with Crippen molar-refractivity contribution in [3.63, 3.8) is 0 Å². The lowest BCUT2D eigenvalue weighted by Gasteiger charge is -2.11. The SMILES string of the molecule is O=C(Oc1ccc([S+](c2ccccc2)c2ccc(I)cc2)cc1)c1c(I)ccc(I)c1I. The van der Waals surface area contributed by atoms with Gasteiger partial charge in [0.05, 0.1) is 16.5 Å². The van der Waals surface area contributed by atoms with E-state index in [9.17, 15) is 4.79 Å². The van der Waals surface area contributed by atoms with Crippen molar-refractivity contribution < 1.29 is 9.53 Å². The molecule has 0 radical (unpaired) electrons. The van der Waals surface area contributed by atoms with E-state index in [1.807, 2.05) is 30.3 Å². The summed E-state index contributed by atoms with van der Waals surface area (Å²) in [5.74, 6) is 0.216. The highest BCUT2D eigenvalue weighted by molar-refractivity contribution is 14.1. The Morgan fingerprint density at radius 1 is 0.625 bits per heavy atom. The number of esters is 1. The number of benzene rings is 4. The molecule has 0 aliphatic rings. The highest BCUT2D eigenvalue weighted by Gasteiger charge is 2.28. The summed E-state index contributed by atoms with van der Waals surface area (Å²) in [7, 11) is -0.237. The number of hydrogen-bond donors (Lipinski definition) is 0. The van der Waals surface area contributed by atoms with Crippen molar-refractivity contribution in [1.82, 2.24) is 0 Å². The summed E-state index contributed by atoms with van der Waals surface area (Å²) in [5, 5.41) is 0. The monoisotopic (exact) mass is 887 g/mol. The van der Waals surface area contributed by atoms with Crippen molar-refractivity contribution in [3.05, 3.63) is 111 Å². The highest BCUT2D eigenvalue weighted by atomic mass is 127. The van der Waals surface area contributed by atoms with Gasteiger partial charge in [0, 0.05) is 14.3 Å². The van der Waals surface area contributed by atoms with Crippen LogP contribution in [-0.4, -0.2) is 5.97 Å². The molecule has 0 aromatic heterocycles. The maximum atomic E-state index is 12.9. The quantitative estimate of drug-likeness (QED) is 0.0662. The Balaban J connectivity index is 1.63. The van der Waals surface area contributed by atoms with Crippen molar-refractivity contribution in [2.45, 2.75) is 14.7 Å². The largest absolute Gasteiger partial charge is 0.423 e. The smallest absolute Gasteiger partial charge is 0.345 e. The summed E-state index contributed by atoms with van der Waals surface area (Å²) < 4.78 is 9.78. The number of halogens is 4. The molecular weight excluding hydrogens is 872 g/mol. The van der Waals surface area contributed by atoms with Crippen molar-refractivity contribution in [2.24, 2.45) is 0 Å². The van der Waals surface area contributed by atoms with Crippen molar-refractivity contribution in [1.29, 1.82) is 0 Å². The van der Waals surface area contributed by atoms with Crippen LogP contribution in [0.4, 0.5) is 0 Å². The summed E-state index contributed by atoms with van der Waals surface area (Å²) in [6.45, 7) is 0. The number of carbonyl (C=O) groups is 1. The van der Waals surface area contributed by atoms with Gasteiger partial charge >= 0.3 is 5.97 Å². The number of rotatable bonds is 5. The fraction of sp³-hybridized carbons (Fsp3) is 0. The summed E-state index contributed by atoms with van der Waals surface area (Å²) >= 11 is 8.95. The molecule has 0 aliphatic heterocycles. The minimum absolute atomic E-state index is 0.237. The molecule has 0 amide bonds. The molecule has 0 N–H and O–H groups in total. The van der Waals surface area contributed by atoms with Crippen LogP contribution in [0.15, 0.2) is 106 Å². The third kappa shape index (κ3) is 5.81. The van der Waals surface area contributed by atoms with Crippen LogP contribution in [-0.2, 0) is 10.9 Å². The van der Waals surface area contributed by atoms with Gasteiger partial charge in [-0.25, -0.2) is 4.79 Å². The lowest BCUT2D eigenvalue weighted by Crippen LogP contribution is -2.13. The van der Waals surface area contributed by atoms with Gasteiger partial charge in [0.1, 0.15) is 5.75 Å². The standard InChI is InChI=1S/C25H15I4O2S/c26-16-6-10-19(11-7-16)32(18-4-2-1-3-5-18)20-12-8-17(9-13-20)31-25(30)23-21(27)14-15-22(28)24(23)29/h1-15H/q+1. The Labute approximate surface area is 244 Å². The van der Waals surface area contributed by atoms with E-state index < -0.39 is 0 Å². The van der Waals surface area contributed by atoms with Crippen LogP contribution in [0.5, 0.6) is 5.75 Å². The van der Waals surface area contributed by atoms with Gasteiger partial charge in [-0.1, -0.05) is 18.2 Å². The lowest BCUT2D eigenvalue weighted by atomic mass is 10.2. The molecule has 32 heavy (non-hydrogen) atoms. The fourth-order valence-corrected chi connectivity index (χ4v) is 7.80. The molecule has 0 heterocycles. The van der Waals surface area contributed by atoms with Crippen LogP contribution in [0, 0.1) is 14.3 Å². The van der Waals surface area contributed by atoms with Crippen LogP contribution in [0.1, 0.15) is 10.4 Å². The Hall–Kier alpha value is -0.380. The molecule has 0 bridgehead atoms. The fourth-order valence-electron chi connectivity index (χ4n) is 3.05.